The molecule has 19 heavy (non-hydrogen) atoms. The summed E-state index contributed by atoms with van der Waals surface area (Å²) in [6.45, 7) is 2.36. The Balaban J connectivity index is 2.23. The molecule has 0 saturated carbocycles. The number of aromatic nitrogens is 1. The van der Waals surface area contributed by atoms with E-state index in [0.29, 0.717) is 30.8 Å². The van der Waals surface area contributed by atoms with Crippen molar-refractivity contribution < 1.29 is 18.3 Å². The van der Waals surface area contributed by atoms with Crippen molar-refractivity contribution in [2.24, 2.45) is 0 Å². The highest BCUT2D eigenvalue weighted by molar-refractivity contribution is 7.92. The van der Waals surface area contributed by atoms with Gasteiger partial charge in [0.2, 0.25) is 0 Å². The van der Waals surface area contributed by atoms with Crippen LogP contribution < -0.4 is 4.74 Å². The Morgan fingerprint density at radius 3 is 2.95 bits per heavy atom. The maximum Gasteiger partial charge on any atom is 0.156 e. The number of aliphatic hydroxyl groups excluding tert-OH is 1. The highest BCUT2D eigenvalue weighted by Gasteiger charge is 2.35. The average molecular weight is 285 g/mol. The van der Waals surface area contributed by atoms with Crippen molar-refractivity contribution in [3.8, 4) is 5.75 Å². The summed E-state index contributed by atoms with van der Waals surface area (Å²) < 4.78 is 29.3. The van der Waals surface area contributed by atoms with E-state index in [9.17, 15) is 13.5 Å². The summed E-state index contributed by atoms with van der Waals surface area (Å²) in [6.07, 6.45) is 4.04. The van der Waals surface area contributed by atoms with E-state index >= 15 is 0 Å². The molecule has 6 heteroatoms. The minimum Gasteiger partial charge on any atom is -0.492 e. The molecule has 0 aromatic carbocycles. The third kappa shape index (κ3) is 3.25. The van der Waals surface area contributed by atoms with Gasteiger partial charge in [0.15, 0.2) is 9.84 Å². The second kappa shape index (κ2) is 5.88. The molecule has 1 aromatic heterocycles. The van der Waals surface area contributed by atoms with Crippen LogP contribution in [-0.4, -0.2) is 36.1 Å². The Bertz CT molecular complexity index is 529. The molecule has 1 fully saturated rings. The molecule has 0 aliphatic carbocycles. The molecule has 1 aliphatic heterocycles. The van der Waals surface area contributed by atoms with Crippen LogP contribution in [0.3, 0.4) is 0 Å². The molecular formula is C13H19NO4S. The number of nitrogens with zero attached hydrogens (tertiary/aromatic N) is 1. The summed E-state index contributed by atoms with van der Waals surface area (Å²) in [5, 5.41) is 9.58. The normalized spacial score (nSPS) is 23.8. The highest BCUT2D eigenvalue weighted by Crippen LogP contribution is 2.31. The fourth-order valence-electron chi connectivity index (χ4n) is 2.39. The van der Waals surface area contributed by atoms with Crippen molar-refractivity contribution in [2.45, 2.75) is 37.5 Å². The maximum atomic E-state index is 12.0. The third-order valence-corrected chi connectivity index (χ3v) is 5.64. The number of aliphatic hydroxyl groups is 1. The van der Waals surface area contributed by atoms with Crippen LogP contribution in [0.15, 0.2) is 18.5 Å². The molecule has 2 atom stereocenters. The van der Waals surface area contributed by atoms with Crippen molar-refractivity contribution in [3.05, 3.63) is 24.0 Å². The molecule has 106 valence electrons. The van der Waals surface area contributed by atoms with Gasteiger partial charge in [0, 0.05) is 11.8 Å². The zero-order valence-corrected chi connectivity index (χ0v) is 11.8. The van der Waals surface area contributed by atoms with Gasteiger partial charge in [-0.25, -0.2) is 8.42 Å². The van der Waals surface area contributed by atoms with Gasteiger partial charge in [-0.1, -0.05) is 6.42 Å². The first-order valence-electron chi connectivity index (χ1n) is 6.52. The molecule has 2 rings (SSSR count). The summed E-state index contributed by atoms with van der Waals surface area (Å²) in [7, 11) is -3.21. The molecule has 1 N–H and O–H groups in total. The van der Waals surface area contributed by atoms with E-state index in [4.69, 9.17) is 4.74 Å². The van der Waals surface area contributed by atoms with Crippen LogP contribution in [0, 0.1) is 0 Å². The van der Waals surface area contributed by atoms with Crippen LogP contribution in [0.4, 0.5) is 0 Å². The standard InChI is InChI=1S/C13H19NO4S/c1-2-18-11-7-10(8-14-9-11)13(15)12-5-3-4-6-19(12,16)17/h7-9,12-13,15H,2-6H2,1H3. The predicted molar refractivity (Wildman–Crippen MR) is 71.8 cm³/mol. The van der Waals surface area contributed by atoms with Crippen LogP contribution in [0.2, 0.25) is 0 Å². The predicted octanol–water partition coefficient (Wildman–Crippen LogP) is 1.48. The first kappa shape index (κ1) is 14.3. The number of hydrogen-bond acceptors (Lipinski definition) is 5. The lowest BCUT2D eigenvalue weighted by Gasteiger charge is -2.26. The first-order valence-corrected chi connectivity index (χ1v) is 8.23. The number of rotatable bonds is 4. The first-order chi connectivity index (χ1) is 9.04. The van der Waals surface area contributed by atoms with Crippen molar-refractivity contribution in [2.75, 3.05) is 12.4 Å². The number of hydrogen-bond donors (Lipinski definition) is 1. The fraction of sp³-hybridized carbons (Fsp3) is 0.615. The van der Waals surface area contributed by atoms with Gasteiger partial charge in [0.25, 0.3) is 0 Å². The minimum atomic E-state index is -3.21. The summed E-state index contributed by atoms with van der Waals surface area (Å²) in [5.41, 5.74) is 0.501. The lowest BCUT2D eigenvalue weighted by Crippen LogP contribution is -2.33. The summed E-state index contributed by atoms with van der Waals surface area (Å²) in [6, 6.07) is 1.66. The lowest BCUT2D eigenvalue weighted by atomic mass is 10.0. The Morgan fingerprint density at radius 2 is 2.26 bits per heavy atom. The van der Waals surface area contributed by atoms with E-state index in [-0.39, 0.29) is 5.75 Å². The van der Waals surface area contributed by atoms with Crippen LogP contribution >= 0.6 is 0 Å². The Labute approximate surface area is 113 Å². The third-order valence-electron chi connectivity index (χ3n) is 3.37. The van der Waals surface area contributed by atoms with Crippen molar-refractivity contribution >= 4 is 9.84 Å². The van der Waals surface area contributed by atoms with E-state index < -0.39 is 21.2 Å². The van der Waals surface area contributed by atoms with Crippen molar-refractivity contribution in [1.29, 1.82) is 0 Å². The van der Waals surface area contributed by atoms with E-state index in [2.05, 4.69) is 4.98 Å². The zero-order valence-electron chi connectivity index (χ0n) is 10.9. The van der Waals surface area contributed by atoms with E-state index in [1.54, 1.807) is 12.3 Å². The van der Waals surface area contributed by atoms with Gasteiger partial charge in [-0.05, 0) is 25.8 Å². The maximum absolute atomic E-state index is 12.0. The average Bonchev–Trinajstić information content (AvgIpc) is 2.38. The monoisotopic (exact) mass is 285 g/mol. The molecule has 0 spiro atoms. The number of pyridine rings is 1. The molecule has 0 amide bonds. The van der Waals surface area contributed by atoms with Gasteiger partial charge < -0.3 is 9.84 Å². The Hall–Kier alpha value is -1.14. The van der Waals surface area contributed by atoms with Gasteiger partial charge in [-0.2, -0.15) is 0 Å². The summed E-state index contributed by atoms with van der Waals surface area (Å²) in [4.78, 5) is 3.99. The minimum absolute atomic E-state index is 0.160. The highest BCUT2D eigenvalue weighted by atomic mass is 32.2. The Morgan fingerprint density at radius 1 is 1.47 bits per heavy atom. The lowest BCUT2D eigenvalue weighted by molar-refractivity contribution is 0.163. The zero-order chi connectivity index (χ0) is 13.9. The van der Waals surface area contributed by atoms with Crippen molar-refractivity contribution in [3.63, 3.8) is 0 Å². The quantitative estimate of drug-likeness (QED) is 0.906. The topological polar surface area (TPSA) is 76.5 Å². The van der Waals surface area contributed by atoms with Gasteiger partial charge in [-0.3, -0.25) is 4.98 Å². The molecule has 0 radical (unpaired) electrons. The Kier molecular flexibility index (Phi) is 4.42. The van der Waals surface area contributed by atoms with Gasteiger partial charge in [0.05, 0.1) is 29.9 Å². The second-order valence-electron chi connectivity index (χ2n) is 4.73. The summed E-state index contributed by atoms with van der Waals surface area (Å²) in [5.74, 6) is 0.708. The van der Waals surface area contributed by atoms with E-state index in [0.717, 1.165) is 6.42 Å². The van der Waals surface area contributed by atoms with Crippen molar-refractivity contribution in [1.82, 2.24) is 4.98 Å². The number of sulfone groups is 1. The molecule has 2 unspecified atom stereocenters. The molecule has 1 saturated heterocycles. The molecule has 0 bridgehead atoms. The molecule has 5 nitrogen and oxygen atoms in total. The number of ether oxygens (including phenoxy) is 1. The smallest absolute Gasteiger partial charge is 0.156 e. The van der Waals surface area contributed by atoms with Gasteiger partial charge in [-0.15, -0.1) is 0 Å². The molecular weight excluding hydrogens is 266 g/mol. The van der Waals surface area contributed by atoms with Crippen LogP contribution in [0.5, 0.6) is 5.75 Å². The van der Waals surface area contributed by atoms with E-state index in [1.807, 2.05) is 6.92 Å². The molecule has 1 aromatic rings. The van der Waals surface area contributed by atoms with E-state index in [1.165, 1.54) is 6.20 Å². The fourth-order valence-corrected chi connectivity index (χ4v) is 4.38. The van der Waals surface area contributed by atoms with Gasteiger partial charge in [0.1, 0.15) is 5.75 Å². The molecule has 2 heterocycles. The summed E-state index contributed by atoms with van der Waals surface area (Å²) >= 11 is 0. The van der Waals surface area contributed by atoms with Crippen LogP contribution in [-0.2, 0) is 9.84 Å². The molecule has 1 aliphatic rings. The largest absolute Gasteiger partial charge is 0.492 e. The van der Waals surface area contributed by atoms with Crippen LogP contribution in [0.1, 0.15) is 37.9 Å². The van der Waals surface area contributed by atoms with Crippen LogP contribution in [0.25, 0.3) is 0 Å². The second-order valence-corrected chi connectivity index (χ2v) is 7.07. The SMILES string of the molecule is CCOc1cncc(C(O)C2CCCCS2(=O)=O)c1. The van der Waals surface area contributed by atoms with Gasteiger partial charge >= 0.3 is 0 Å².